The Hall–Kier alpha value is -2.41. The third-order valence-corrected chi connectivity index (χ3v) is 3.70. The topological polar surface area (TPSA) is 81.4 Å². The van der Waals surface area contributed by atoms with Crippen molar-refractivity contribution in [3.05, 3.63) is 45.4 Å². The minimum atomic E-state index is -0.675. The fourth-order valence-corrected chi connectivity index (χ4v) is 2.58. The molecule has 0 spiro atoms. The first-order valence-electron chi connectivity index (χ1n) is 5.96. The van der Waals surface area contributed by atoms with Crippen molar-refractivity contribution in [1.82, 2.24) is 0 Å². The summed E-state index contributed by atoms with van der Waals surface area (Å²) in [5.74, 6) is -1.88. The summed E-state index contributed by atoms with van der Waals surface area (Å²) in [6.45, 7) is 1.52. The summed E-state index contributed by atoms with van der Waals surface area (Å²) in [6.07, 6.45) is 0. The van der Waals surface area contributed by atoms with E-state index in [9.17, 15) is 14.0 Å². The zero-order chi connectivity index (χ0) is 15.6. The summed E-state index contributed by atoms with van der Waals surface area (Å²) in [4.78, 5) is 23.9. The zero-order valence-corrected chi connectivity index (χ0v) is 12.2. The Kier molecular flexibility index (Phi) is 4.23. The van der Waals surface area contributed by atoms with Crippen molar-refractivity contribution >= 4 is 34.6 Å². The zero-order valence-electron chi connectivity index (χ0n) is 11.4. The number of benzene rings is 1. The van der Waals surface area contributed by atoms with Gasteiger partial charge in [-0.3, -0.25) is 4.79 Å². The normalized spacial score (nSPS) is 10.2. The highest BCUT2D eigenvalue weighted by molar-refractivity contribution is 7.12. The second-order valence-electron chi connectivity index (χ2n) is 4.31. The first-order valence-corrected chi connectivity index (χ1v) is 6.84. The third-order valence-electron chi connectivity index (χ3n) is 2.81. The van der Waals surface area contributed by atoms with E-state index in [0.717, 1.165) is 11.3 Å². The van der Waals surface area contributed by atoms with Crippen molar-refractivity contribution in [2.75, 3.05) is 18.2 Å². The van der Waals surface area contributed by atoms with E-state index in [4.69, 9.17) is 5.73 Å². The highest BCUT2D eigenvalue weighted by Gasteiger charge is 2.19. The van der Waals surface area contributed by atoms with Crippen LogP contribution in [0.2, 0.25) is 0 Å². The second-order valence-corrected chi connectivity index (χ2v) is 5.22. The first kappa shape index (κ1) is 15.0. The lowest BCUT2D eigenvalue weighted by Crippen LogP contribution is -2.16. The third kappa shape index (κ3) is 3.03. The predicted molar refractivity (Wildman–Crippen MR) is 79.2 cm³/mol. The number of methoxy groups -OCH3 is 1. The lowest BCUT2D eigenvalue weighted by atomic mass is 10.1. The van der Waals surface area contributed by atoms with Gasteiger partial charge in [0.1, 0.15) is 10.7 Å². The Morgan fingerprint density at radius 2 is 2.10 bits per heavy atom. The SMILES string of the molecule is COC(=O)c1sccc1NC(=O)c1cc(N)cc(C)c1F. The van der Waals surface area contributed by atoms with Crippen LogP contribution in [0.3, 0.4) is 0 Å². The Labute approximate surface area is 124 Å². The largest absolute Gasteiger partial charge is 0.465 e. The number of esters is 1. The number of hydrogen-bond donors (Lipinski definition) is 2. The smallest absolute Gasteiger partial charge is 0.350 e. The van der Waals surface area contributed by atoms with E-state index in [1.165, 1.54) is 26.2 Å². The van der Waals surface area contributed by atoms with Gasteiger partial charge in [0.05, 0.1) is 18.4 Å². The number of ether oxygens (including phenoxy) is 1. The number of nitrogens with one attached hydrogen (secondary N) is 1. The Morgan fingerprint density at radius 3 is 2.76 bits per heavy atom. The van der Waals surface area contributed by atoms with Crippen LogP contribution in [0.1, 0.15) is 25.6 Å². The maximum absolute atomic E-state index is 14.0. The number of hydrogen-bond acceptors (Lipinski definition) is 5. The van der Waals surface area contributed by atoms with E-state index in [1.54, 1.807) is 11.4 Å². The van der Waals surface area contributed by atoms with Crippen LogP contribution in [0.4, 0.5) is 15.8 Å². The molecule has 21 heavy (non-hydrogen) atoms. The number of nitrogens with two attached hydrogens (primary N) is 1. The molecular formula is C14H13FN2O3S. The van der Waals surface area contributed by atoms with Gasteiger partial charge in [-0.25, -0.2) is 9.18 Å². The number of nitrogen functional groups attached to an aromatic ring is 1. The Morgan fingerprint density at radius 1 is 1.38 bits per heavy atom. The average Bonchev–Trinajstić information content (AvgIpc) is 2.89. The molecule has 0 aliphatic heterocycles. The monoisotopic (exact) mass is 308 g/mol. The highest BCUT2D eigenvalue weighted by Crippen LogP contribution is 2.25. The van der Waals surface area contributed by atoms with Crippen molar-refractivity contribution in [3.8, 4) is 0 Å². The first-order chi connectivity index (χ1) is 9.93. The van der Waals surface area contributed by atoms with Gasteiger partial charge >= 0.3 is 5.97 Å². The summed E-state index contributed by atoms with van der Waals surface area (Å²) in [5, 5.41) is 4.12. The molecule has 3 N–H and O–H groups in total. The van der Waals surface area contributed by atoms with E-state index in [-0.39, 0.29) is 27.4 Å². The van der Waals surface area contributed by atoms with E-state index in [1.807, 2.05) is 0 Å². The molecule has 1 aromatic carbocycles. The minimum absolute atomic E-state index is 0.172. The van der Waals surface area contributed by atoms with Gasteiger partial charge in [0.2, 0.25) is 0 Å². The molecule has 0 atom stereocenters. The molecule has 1 heterocycles. The highest BCUT2D eigenvalue weighted by atomic mass is 32.1. The van der Waals surface area contributed by atoms with Crippen LogP contribution in [0.5, 0.6) is 0 Å². The maximum Gasteiger partial charge on any atom is 0.350 e. The van der Waals surface area contributed by atoms with Gasteiger partial charge in [-0.2, -0.15) is 0 Å². The van der Waals surface area contributed by atoms with Crippen LogP contribution >= 0.6 is 11.3 Å². The number of aryl methyl sites for hydroxylation is 1. The second kappa shape index (κ2) is 5.92. The Balaban J connectivity index is 2.31. The van der Waals surface area contributed by atoms with Crippen LogP contribution in [0, 0.1) is 12.7 Å². The fourth-order valence-electron chi connectivity index (χ4n) is 1.81. The van der Waals surface area contributed by atoms with Crippen LogP contribution in [-0.4, -0.2) is 19.0 Å². The number of anilines is 2. The lowest BCUT2D eigenvalue weighted by molar-refractivity contribution is 0.0607. The summed E-state index contributed by atoms with van der Waals surface area (Å²) < 4.78 is 18.6. The molecule has 0 saturated carbocycles. The van der Waals surface area contributed by atoms with Crippen molar-refractivity contribution in [1.29, 1.82) is 0 Å². The molecule has 0 aliphatic rings. The quantitative estimate of drug-likeness (QED) is 0.675. The van der Waals surface area contributed by atoms with E-state index < -0.39 is 17.7 Å². The number of carbonyl (C=O) groups is 2. The molecule has 5 nitrogen and oxygen atoms in total. The molecule has 0 bridgehead atoms. The molecule has 1 aromatic heterocycles. The van der Waals surface area contributed by atoms with Crippen LogP contribution in [0.15, 0.2) is 23.6 Å². The molecule has 0 saturated heterocycles. The molecule has 7 heteroatoms. The molecule has 2 rings (SSSR count). The van der Waals surface area contributed by atoms with Crippen molar-refractivity contribution in [3.63, 3.8) is 0 Å². The van der Waals surface area contributed by atoms with Gasteiger partial charge in [-0.1, -0.05) is 0 Å². The number of thiophene rings is 1. The molecule has 0 aliphatic carbocycles. The standard InChI is InChI=1S/C14H13FN2O3S/c1-7-5-8(16)6-9(11(7)15)13(18)17-10-3-4-21-12(10)14(19)20-2/h3-6H,16H2,1-2H3,(H,17,18). The van der Waals surface area contributed by atoms with E-state index in [2.05, 4.69) is 10.1 Å². The molecule has 1 amide bonds. The maximum atomic E-state index is 14.0. The summed E-state index contributed by atoms with van der Waals surface area (Å²) in [5.41, 5.74) is 6.29. The number of halogens is 1. The fraction of sp³-hybridized carbons (Fsp3) is 0.143. The number of rotatable bonds is 3. The summed E-state index contributed by atoms with van der Waals surface area (Å²) >= 11 is 1.12. The van der Waals surface area contributed by atoms with Gasteiger partial charge < -0.3 is 15.8 Å². The van der Waals surface area contributed by atoms with Crippen LogP contribution in [-0.2, 0) is 4.74 Å². The van der Waals surface area contributed by atoms with Gasteiger partial charge in [0.15, 0.2) is 0 Å². The van der Waals surface area contributed by atoms with Gasteiger partial charge in [-0.15, -0.1) is 11.3 Å². The molecule has 110 valence electrons. The lowest BCUT2D eigenvalue weighted by Gasteiger charge is -2.09. The molecule has 0 unspecified atom stereocenters. The molecule has 2 aromatic rings. The van der Waals surface area contributed by atoms with Crippen LogP contribution < -0.4 is 11.1 Å². The number of carbonyl (C=O) groups excluding carboxylic acids is 2. The summed E-state index contributed by atoms with van der Waals surface area (Å²) in [7, 11) is 1.24. The van der Waals surface area contributed by atoms with E-state index >= 15 is 0 Å². The molecular weight excluding hydrogens is 295 g/mol. The average molecular weight is 308 g/mol. The van der Waals surface area contributed by atoms with E-state index in [0.29, 0.717) is 0 Å². The molecule has 0 fully saturated rings. The Bertz CT molecular complexity index is 712. The van der Waals surface area contributed by atoms with Gasteiger partial charge in [0.25, 0.3) is 5.91 Å². The van der Waals surface area contributed by atoms with Crippen LogP contribution in [0.25, 0.3) is 0 Å². The van der Waals surface area contributed by atoms with Gasteiger partial charge in [0, 0.05) is 5.69 Å². The van der Waals surface area contributed by atoms with Crippen molar-refractivity contribution in [2.24, 2.45) is 0 Å². The number of amides is 1. The van der Waals surface area contributed by atoms with Gasteiger partial charge in [-0.05, 0) is 36.1 Å². The summed E-state index contributed by atoms with van der Waals surface area (Å²) in [6, 6.07) is 4.24. The minimum Gasteiger partial charge on any atom is -0.465 e. The molecule has 0 radical (unpaired) electrons. The van der Waals surface area contributed by atoms with Crippen molar-refractivity contribution < 1.29 is 18.7 Å². The van der Waals surface area contributed by atoms with Crippen molar-refractivity contribution in [2.45, 2.75) is 6.92 Å². The predicted octanol–water partition coefficient (Wildman–Crippen LogP) is 2.82.